The molecule has 0 aliphatic carbocycles. The van der Waals surface area contributed by atoms with Crippen LogP contribution in [0.5, 0.6) is 11.5 Å². The van der Waals surface area contributed by atoms with E-state index in [1.807, 2.05) is 35.9 Å². The van der Waals surface area contributed by atoms with Crippen LogP contribution in [0.25, 0.3) is 16.7 Å². The zero-order valence-corrected chi connectivity index (χ0v) is 16.3. The molecule has 3 aromatic heterocycles. The van der Waals surface area contributed by atoms with Crippen LogP contribution in [0.3, 0.4) is 0 Å². The van der Waals surface area contributed by atoms with Gasteiger partial charge in [0, 0.05) is 29.4 Å². The van der Waals surface area contributed by atoms with Crippen LogP contribution in [0.15, 0.2) is 48.0 Å². The van der Waals surface area contributed by atoms with Crippen molar-refractivity contribution in [2.45, 2.75) is 17.8 Å². The topological polar surface area (TPSA) is 76.0 Å². The van der Waals surface area contributed by atoms with Crippen LogP contribution in [0, 0.1) is 6.92 Å². The SMILES string of the molecule is COc1c(Cl)cnc(CSc2nc3ccc(-n4ccc(O)c4)cc3[nH]2)c1C. The van der Waals surface area contributed by atoms with Crippen LogP contribution in [0.1, 0.15) is 11.3 Å². The molecule has 4 aromatic rings. The standard InChI is InChI=1S/C19H17ClN4O2S/c1-11-17(21-8-14(20)18(11)26-2)10-27-19-22-15-4-3-12(7-16(15)23-19)24-6-5-13(25)9-24/h3-9,25H,10H2,1-2H3,(H,22,23). The number of hydrogen-bond donors (Lipinski definition) is 2. The lowest BCUT2D eigenvalue weighted by Gasteiger charge is -2.10. The number of fused-ring (bicyclic) bond motifs is 1. The van der Waals surface area contributed by atoms with E-state index in [4.69, 9.17) is 16.3 Å². The minimum absolute atomic E-state index is 0.234. The predicted molar refractivity (Wildman–Crippen MR) is 107 cm³/mol. The van der Waals surface area contributed by atoms with Crippen LogP contribution in [0.2, 0.25) is 5.02 Å². The van der Waals surface area contributed by atoms with Crippen molar-refractivity contribution in [3.05, 3.63) is 59.1 Å². The van der Waals surface area contributed by atoms with Crippen molar-refractivity contribution in [2.75, 3.05) is 7.11 Å². The fourth-order valence-corrected chi connectivity index (χ4v) is 4.06. The first-order chi connectivity index (χ1) is 13.0. The maximum atomic E-state index is 9.52. The summed E-state index contributed by atoms with van der Waals surface area (Å²) in [6.45, 7) is 1.95. The van der Waals surface area contributed by atoms with E-state index in [2.05, 4.69) is 15.0 Å². The van der Waals surface area contributed by atoms with E-state index in [9.17, 15) is 5.11 Å². The van der Waals surface area contributed by atoms with Crippen molar-refractivity contribution in [3.8, 4) is 17.2 Å². The van der Waals surface area contributed by atoms with Gasteiger partial charge in [-0.25, -0.2) is 4.98 Å². The smallest absolute Gasteiger partial charge is 0.166 e. The molecule has 138 valence electrons. The molecule has 0 saturated heterocycles. The highest BCUT2D eigenvalue weighted by Crippen LogP contribution is 2.32. The zero-order valence-electron chi connectivity index (χ0n) is 14.7. The van der Waals surface area contributed by atoms with E-state index in [1.165, 1.54) is 0 Å². The van der Waals surface area contributed by atoms with E-state index in [0.29, 0.717) is 16.5 Å². The average molecular weight is 401 g/mol. The van der Waals surface area contributed by atoms with Crippen molar-refractivity contribution in [1.82, 2.24) is 19.5 Å². The number of rotatable bonds is 5. The molecule has 0 saturated carbocycles. The third-order valence-corrected chi connectivity index (χ3v) is 5.45. The van der Waals surface area contributed by atoms with Gasteiger partial charge in [-0.2, -0.15) is 0 Å². The average Bonchev–Trinajstić information content (AvgIpc) is 3.26. The van der Waals surface area contributed by atoms with Gasteiger partial charge in [-0.05, 0) is 31.2 Å². The fourth-order valence-electron chi connectivity index (χ4n) is 2.88. The summed E-state index contributed by atoms with van der Waals surface area (Å²) >= 11 is 7.68. The summed E-state index contributed by atoms with van der Waals surface area (Å²) in [5, 5.41) is 10.8. The highest BCUT2D eigenvalue weighted by atomic mass is 35.5. The van der Waals surface area contributed by atoms with Crippen LogP contribution in [-0.2, 0) is 5.75 Å². The van der Waals surface area contributed by atoms with Gasteiger partial charge in [-0.15, -0.1) is 0 Å². The molecule has 0 amide bonds. The predicted octanol–water partition coefficient (Wildman–Crippen LogP) is 4.72. The normalized spacial score (nSPS) is 11.2. The zero-order chi connectivity index (χ0) is 19.0. The Labute approximate surface area is 165 Å². The largest absolute Gasteiger partial charge is 0.506 e. The number of thioether (sulfide) groups is 1. The second kappa shape index (κ2) is 7.17. The first-order valence-corrected chi connectivity index (χ1v) is 9.59. The number of aromatic amines is 1. The fraction of sp³-hybridized carbons (Fsp3) is 0.158. The summed E-state index contributed by atoms with van der Waals surface area (Å²) in [6.07, 6.45) is 5.08. The Morgan fingerprint density at radius 1 is 1.33 bits per heavy atom. The number of methoxy groups -OCH3 is 1. The van der Waals surface area contributed by atoms with Crippen LogP contribution >= 0.6 is 23.4 Å². The summed E-state index contributed by atoms with van der Waals surface area (Å²) in [5.41, 5.74) is 4.61. The quantitative estimate of drug-likeness (QED) is 0.474. The molecule has 0 unspecified atom stereocenters. The Kier molecular flexibility index (Phi) is 4.72. The van der Waals surface area contributed by atoms with Crippen molar-refractivity contribution < 1.29 is 9.84 Å². The third-order valence-electron chi connectivity index (χ3n) is 4.29. The van der Waals surface area contributed by atoms with Gasteiger partial charge in [0.1, 0.15) is 16.5 Å². The minimum atomic E-state index is 0.234. The molecule has 0 fully saturated rings. The van der Waals surface area contributed by atoms with E-state index < -0.39 is 0 Å². The number of H-pyrrole nitrogens is 1. The molecule has 4 rings (SSSR count). The molecule has 2 N–H and O–H groups in total. The van der Waals surface area contributed by atoms with Crippen LogP contribution in [-0.4, -0.2) is 31.7 Å². The number of aromatic nitrogens is 4. The molecular weight excluding hydrogens is 384 g/mol. The highest BCUT2D eigenvalue weighted by Gasteiger charge is 2.12. The van der Waals surface area contributed by atoms with Gasteiger partial charge in [0.2, 0.25) is 0 Å². The van der Waals surface area contributed by atoms with Gasteiger partial charge < -0.3 is 19.4 Å². The molecule has 8 heteroatoms. The van der Waals surface area contributed by atoms with Crippen molar-refractivity contribution in [2.24, 2.45) is 0 Å². The molecule has 27 heavy (non-hydrogen) atoms. The summed E-state index contributed by atoms with van der Waals surface area (Å²) in [4.78, 5) is 12.4. The Morgan fingerprint density at radius 2 is 2.19 bits per heavy atom. The molecule has 0 aliphatic heterocycles. The van der Waals surface area contributed by atoms with E-state index in [0.717, 1.165) is 33.1 Å². The van der Waals surface area contributed by atoms with Crippen LogP contribution < -0.4 is 4.74 Å². The lowest BCUT2D eigenvalue weighted by atomic mass is 10.2. The summed E-state index contributed by atoms with van der Waals surface area (Å²) in [5.74, 6) is 1.54. The van der Waals surface area contributed by atoms with E-state index in [-0.39, 0.29) is 5.75 Å². The maximum Gasteiger partial charge on any atom is 0.166 e. The van der Waals surface area contributed by atoms with Gasteiger partial charge in [-0.1, -0.05) is 23.4 Å². The Balaban J connectivity index is 1.56. The molecule has 1 aromatic carbocycles. The number of imidazole rings is 1. The summed E-state index contributed by atoms with van der Waals surface area (Å²) < 4.78 is 7.21. The second-order valence-electron chi connectivity index (χ2n) is 6.02. The number of halogens is 1. The molecule has 3 heterocycles. The molecule has 0 atom stereocenters. The van der Waals surface area contributed by atoms with Gasteiger partial charge in [0.25, 0.3) is 0 Å². The summed E-state index contributed by atoms with van der Waals surface area (Å²) in [7, 11) is 1.60. The van der Waals surface area contributed by atoms with Crippen molar-refractivity contribution in [3.63, 3.8) is 0 Å². The number of aromatic hydroxyl groups is 1. The monoisotopic (exact) mass is 400 g/mol. The maximum absolute atomic E-state index is 9.52. The molecule has 6 nitrogen and oxygen atoms in total. The molecular formula is C19H17ClN4O2S. The number of benzene rings is 1. The lowest BCUT2D eigenvalue weighted by molar-refractivity contribution is 0.410. The molecule has 0 spiro atoms. The number of nitrogens with one attached hydrogen (secondary N) is 1. The Bertz CT molecular complexity index is 1120. The van der Waals surface area contributed by atoms with Gasteiger partial charge in [0.05, 0.1) is 30.0 Å². The number of hydrogen-bond acceptors (Lipinski definition) is 5. The Hall–Kier alpha value is -2.64. The van der Waals surface area contributed by atoms with Gasteiger partial charge in [-0.3, -0.25) is 4.98 Å². The molecule has 0 bridgehead atoms. The van der Waals surface area contributed by atoms with E-state index in [1.54, 1.807) is 37.3 Å². The van der Waals surface area contributed by atoms with Crippen molar-refractivity contribution >= 4 is 34.4 Å². The van der Waals surface area contributed by atoms with E-state index >= 15 is 0 Å². The Morgan fingerprint density at radius 3 is 2.93 bits per heavy atom. The van der Waals surface area contributed by atoms with Gasteiger partial charge in [0.15, 0.2) is 5.16 Å². The number of ether oxygens (including phenoxy) is 1. The van der Waals surface area contributed by atoms with Gasteiger partial charge >= 0.3 is 0 Å². The van der Waals surface area contributed by atoms with Crippen molar-refractivity contribution in [1.29, 1.82) is 0 Å². The highest BCUT2D eigenvalue weighted by molar-refractivity contribution is 7.98. The lowest BCUT2D eigenvalue weighted by Crippen LogP contribution is -1.97. The number of nitrogens with zero attached hydrogens (tertiary/aromatic N) is 3. The molecule has 0 aliphatic rings. The first-order valence-electron chi connectivity index (χ1n) is 8.23. The van der Waals surface area contributed by atoms with Crippen LogP contribution in [0.4, 0.5) is 0 Å². The second-order valence-corrected chi connectivity index (χ2v) is 7.39. The molecule has 0 radical (unpaired) electrons. The summed E-state index contributed by atoms with van der Waals surface area (Å²) in [6, 6.07) is 7.57. The minimum Gasteiger partial charge on any atom is -0.506 e. The first kappa shape index (κ1) is 17.8. The third kappa shape index (κ3) is 3.48. The number of pyridine rings is 1.